The molecule has 0 aliphatic heterocycles. The van der Waals surface area contributed by atoms with Crippen molar-refractivity contribution in [2.75, 3.05) is 18.6 Å². The molecule has 1 aromatic heterocycles. The summed E-state index contributed by atoms with van der Waals surface area (Å²) in [6.07, 6.45) is 0. The Morgan fingerprint density at radius 3 is 2.50 bits per heavy atom. The number of ether oxygens (including phenoxy) is 2. The zero-order chi connectivity index (χ0) is 22.5. The number of aromatic nitrogens is 1. The highest BCUT2D eigenvalue weighted by Gasteiger charge is 2.19. The van der Waals surface area contributed by atoms with E-state index in [1.165, 1.54) is 0 Å². The van der Waals surface area contributed by atoms with Crippen molar-refractivity contribution in [1.82, 2.24) is 4.98 Å². The van der Waals surface area contributed by atoms with E-state index < -0.39 is 0 Å². The fourth-order valence-corrected chi connectivity index (χ4v) is 3.50. The maximum absolute atomic E-state index is 13.2. The van der Waals surface area contributed by atoms with Crippen LogP contribution in [-0.2, 0) is 11.3 Å². The number of hydrogen-bond acceptors (Lipinski definition) is 4. The summed E-state index contributed by atoms with van der Waals surface area (Å²) in [6, 6.07) is 24.0. The van der Waals surface area contributed by atoms with Crippen LogP contribution >= 0.6 is 0 Å². The van der Waals surface area contributed by atoms with Gasteiger partial charge in [-0.1, -0.05) is 30.3 Å². The standard InChI is InChI=1S/C26H24N2O4/c1-18-7-6-8-21(13-18)28(25(29)17-32-22-9-4-3-5-10-22)16-20-14-19-15-23(31-2)11-12-24(19)27-26(20)30/h3-15H,16-17H2,1-2H3,(H,27,30). The van der Waals surface area contributed by atoms with Crippen molar-refractivity contribution in [1.29, 1.82) is 0 Å². The Balaban J connectivity index is 1.66. The molecule has 0 saturated heterocycles. The van der Waals surface area contributed by atoms with Gasteiger partial charge >= 0.3 is 0 Å². The highest BCUT2D eigenvalue weighted by Crippen LogP contribution is 2.22. The third-order valence-electron chi connectivity index (χ3n) is 5.18. The van der Waals surface area contributed by atoms with Crippen LogP contribution in [0.4, 0.5) is 5.69 Å². The maximum atomic E-state index is 13.2. The van der Waals surface area contributed by atoms with Crippen LogP contribution in [0.3, 0.4) is 0 Å². The minimum Gasteiger partial charge on any atom is -0.497 e. The highest BCUT2D eigenvalue weighted by molar-refractivity contribution is 5.94. The molecule has 0 aliphatic carbocycles. The lowest BCUT2D eigenvalue weighted by molar-refractivity contribution is -0.120. The Morgan fingerprint density at radius 1 is 0.938 bits per heavy atom. The molecule has 0 unspecified atom stereocenters. The predicted octanol–water partition coefficient (Wildman–Crippen LogP) is 4.46. The maximum Gasteiger partial charge on any atom is 0.265 e. The number of carbonyl (C=O) groups excluding carboxylic acids is 1. The van der Waals surface area contributed by atoms with Gasteiger partial charge in [-0.3, -0.25) is 9.59 Å². The van der Waals surface area contributed by atoms with Crippen molar-refractivity contribution in [2.45, 2.75) is 13.5 Å². The lowest BCUT2D eigenvalue weighted by Gasteiger charge is -2.23. The molecule has 4 aromatic rings. The van der Waals surface area contributed by atoms with Crippen LogP contribution in [0.5, 0.6) is 11.5 Å². The van der Waals surface area contributed by atoms with Crippen LogP contribution in [0.15, 0.2) is 83.7 Å². The molecular weight excluding hydrogens is 404 g/mol. The van der Waals surface area contributed by atoms with E-state index >= 15 is 0 Å². The second-order valence-electron chi connectivity index (χ2n) is 7.50. The number of anilines is 1. The Labute approximate surface area is 186 Å². The van der Waals surface area contributed by atoms with E-state index in [9.17, 15) is 9.59 Å². The second kappa shape index (κ2) is 9.39. The monoisotopic (exact) mass is 428 g/mol. The van der Waals surface area contributed by atoms with Crippen LogP contribution in [0.1, 0.15) is 11.1 Å². The first-order valence-corrected chi connectivity index (χ1v) is 10.3. The average Bonchev–Trinajstić information content (AvgIpc) is 2.81. The molecule has 32 heavy (non-hydrogen) atoms. The normalized spacial score (nSPS) is 10.7. The number of hydrogen-bond donors (Lipinski definition) is 1. The SMILES string of the molecule is COc1ccc2[nH]c(=O)c(CN(C(=O)COc3ccccc3)c3cccc(C)c3)cc2c1. The topological polar surface area (TPSA) is 71.6 Å². The quantitative estimate of drug-likeness (QED) is 0.472. The van der Waals surface area contributed by atoms with Crippen molar-refractivity contribution in [3.63, 3.8) is 0 Å². The van der Waals surface area contributed by atoms with Crippen LogP contribution in [0.2, 0.25) is 0 Å². The summed E-state index contributed by atoms with van der Waals surface area (Å²) < 4.78 is 11.0. The van der Waals surface area contributed by atoms with E-state index in [2.05, 4.69) is 4.98 Å². The summed E-state index contributed by atoms with van der Waals surface area (Å²) in [5, 5.41) is 0.830. The van der Waals surface area contributed by atoms with Gasteiger partial charge in [-0.15, -0.1) is 0 Å². The van der Waals surface area contributed by atoms with Gasteiger partial charge in [0.2, 0.25) is 0 Å². The van der Waals surface area contributed by atoms with Gasteiger partial charge in [0.15, 0.2) is 6.61 Å². The lowest BCUT2D eigenvalue weighted by Crippen LogP contribution is -2.36. The fourth-order valence-electron chi connectivity index (χ4n) is 3.50. The summed E-state index contributed by atoms with van der Waals surface area (Å²) in [7, 11) is 1.60. The van der Waals surface area contributed by atoms with Crippen LogP contribution < -0.4 is 19.9 Å². The number of benzene rings is 3. The van der Waals surface area contributed by atoms with Crippen molar-refractivity contribution in [2.24, 2.45) is 0 Å². The number of nitrogens with zero attached hydrogens (tertiary/aromatic N) is 1. The molecule has 3 aromatic carbocycles. The third-order valence-corrected chi connectivity index (χ3v) is 5.18. The largest absolute Gasteiger partial charge is 0.497 e. The van der Waals surface area contributed by atoms with Crippen LogP contribution in [0, 0.1) is 6.92 Å². The van der Waals surface area contributed by atoms with E-state index in [1.807, 2.05) is 55.5 Å². The van der Waals surface area contributed by atoms with Crippen molar-refractivity contribution in [3.8, 4) is 11.5 Å². The average molecular weight is 428 g/mol. The molecule has 1 N–H and O–H groups in total. The fraction of sp³-hybridized carbons (Fsp3) is 0.154. The molecule has 0 fully saturated rings. The van der Waals surface area contributed by atoms with E-state index in [0.29, 0.717) is 28.3 Å². The lowest BCUT2D eigenvalue weighted by atomic mass is 10.1. The first-order chi connectivity index (χ1) is 15.5. The zero-order valence-electron chi connectivity index (χ0n) is 18.0. The number of methoxy groups -OCH3 is 1. The predicted molar refractivity (Wildman–Crippen MR) is 125 cm³/mol. The van der Waals surface area contributed by atoms with Gasteiger partial charge in [0.1, 0.15) is 11.5 Å². The molecule has 0 saturated carbocycles. The molecule has 0 atom stereocenters. The highest BCUT2D eigenvalue weighted by atomic mass is 16.5. The van der Waals surface area contributed by atoms with Crippen molar-refractivity contribution in [3.05, 3.63) is 100 Å². The Kier molecular flexibility index (Phi) is 6.22. The smallest absolute Gasteiger partial charge is 0.265 e. The summed E-state index contributed by atoms with van der Waals surface area (Å²) in [4.78, 5) is 30.4. The summed E-state index contributed by atoms with van der Waals surface area (Å²) in [6.45, 7) is 1.93. The third kappa shape index (κ3) is 4.81. The molecular formula is C26H24N2O4. The molecule has 6 heteroatoms. The molecule has 0 spiro atoms. The summed E-state index contributed by atoms with van der Waals surface area (Å²) in [5.74, 6) is 1.06. The van der Waals surface area contributed by atoms with Gasteiger partial charge in [0.25, 0.3) is 11.5 Å². The number of pyridine rings is 1. The van der Waals surface area contributed by atoms with Gasteiger partial charge in [0, 0.05) is 22.2 Å². The van der Waals surface area contributed by atoms with Gasteiger partial charge < -0.3 is 19.4 Å². The molecule has 0 radical (unpaired) electrons. The van der Waals surface area contributed by atoms with Gasteiger partial charge in [-0.25, -0.2) is 0 Å². The minimum atomic E-state index is -0.246. The number of fused-ring (bicyclic) bond motifs is 1. The number of para-hydroxylation sites is 1. The van der Waals surface area contributed by atoms with Crippen LogP contribution in [0.25, 0.3) is 10.9 Å². The van der Waals surface area contributed by atoms with Gasteiger partial charge in [-0.05, 0) is 61.0 Å². The van der Waals surface area contributed by atoms with Crippen molar-refractivity contribution >= 4 is 22.5 Å². The number of aromatic amines is 1. The van der Waals surface area contributed by atoms with E-state index in [4.69, 9.17) is 9.47 Å². The first-order valence-electron chi connectivity index (χ1n) is 10.3. The van der Waals surface area contributed by atoms with E-state index in [0.717, 1.165) is 10.9 Å². The van der Waals surface area contributed by atoms with Gasteiger partial charge in [0.05, 0.1) is 13.7 Å². The number of nitrogens with one attached hydrogen (secondary N) is 1. The second-order valence-corrected chi connectivity index (χ2v) is 7.50. The van der Waals surface area contributed by atoms with Crippen LogP contribution in [-0.4, -0.2) is 24.6 Å². The Morgan fingerprint density at radius 2 is 1.75 bits per heavy atom. The molecule has 0 bridgehead atoms. The minimum absolute atomic E-state index is 0.114. The number of amides is 1. The Hall–Kier alpha value is -4.06. The van der Waals surface area contributed by atoms with Gasteiger partial charge in [-0.2, -0.15) is 0 Å². The number of rotatable bonds is 7. The van der Waals surface area contributed by atoms with Crippen molar-refractivity contribution < 1.29 is 14.3 Å². The molecule has 4 rings (SSSR count). The summed E-state index contributed by atoms with van der Waals surface area (Å²) in [5.41, 5.74) is 2.66. The molecule has 162 valence electrons. The number of H-pyrrole nitrogens is 1. The molecule has 0 aliphatic rings. The first kappa shape index (κ1) is 21.2. The Bertz CT molecular complexity index is 1300. The molecule has 1 heterocycles. The number of aryl methyl sites for hydroxylation is 1. The zero-order valence-corrected chi connectivity index (χ0v) is 18.0. The molecule has 1 amide bonds. The summed E-state index contributed by atoms with van der Waals surface area (Å²) >= 11 is 0. The van der Waals surface area contributed by atoms with E-state index in [1.54, 1.807) is 42.3 Å². The number of carbonyl (C=O) groups is 1. The van der Waals surface area contributed by atoms with E-state index in [-0.39, 0.29) is 24.6 Å². The molecule has 6 nitrogen and oxygen atoms in total.